The van der Waals surface area contributed by atoms with E-state index in [1.165, 1.54) is 11.1 Å². The number of ether oxygens (including phenoxy) is 1. The Labute approximate surface area is 125 Å². The van der Waals surface area contributed by atoms with E-state index in [-0.39, 0.29) is 12.1 Å². The molecule has 0 amide bonds. The Morgan fingerprint density at radius 2 is 1.55 bits per heavy atom. The third-order valence-corrected chi connectivity index (χ3v) is 3.68. The Balaban J connectivity index is 2.08. The van der Waals surface area contributed by atoms with E-state index in [9.17, 15) is 0 Å². The van der Waals surface area contributed by atoms with Gasteiger partial charge in [0.2, 0.25) is 0 Å². The zero-order chi connectivity index (χ0) is 14.5. The molecule has 2 nitrogen and oxygen atoms in total. The van der Waals surface area contributed by atoms with Crippen LogP contribution in [0.4, 0.5) is 0 Å². The summed E-state index contributed by atoms with van der Waals surface area (Å²) in [6, 6.07) is 16.5. The molecular weight excluding hydrogens is 270 g/mol. The summed E-state index contributed by atoms with van der Waals surface area (Å²) >= 11 is 6.04. The van der Waals surface area contributed by atoms with Gasteiger partial charge in [0.1, 0.15) is 5.75 Å². The molecule has 1 N–H and O–H groups in total. The van der Waals surface area contributed by atoms with Crippen molar-refractivity contribution in [3.63, 3.8) is 0 Å². The average Bonchev–Trinajstić information content (AvgIpc) is 2.47. The molecule has 0 bridgehead atoms. The lowest BCUT2D eigenvalue weighted by atomic mass is 10.0. The summed E-state index contributed by atoms with van der Waals surface area (Å²) in [5.74, 6) is 0.881. The quantitative estimate of drug-likeness (QED) is 0.857. The van der Waals surface area contributed by atoms with Gasteiger partial charge in [0.15, 0.2) is 0 Å². The largest absolute Gasteiger partial charge is 0.497 e. The second kappa shape index (κ2) is 6.78. The van der Waals surface area contributed by atoms with Crippen molar-refractivity contribution in [2.24, 2.45) is 0 Å². The van der Waals surface area contributed by atoms with Crippen molar-refractivity contribution in [2.75, 3.05) is 7.11 Å². The van der Waals surface area contributed by atoms with Crippen molar-refractivity contribution in [3.05, 3.63) is 64.7 Å². The number of benzene rings is 2. The van der Waals surface area contributed by atoms with Gasteiger partial charge in [0.25, 0.3) is 0 Å². The van der Waals surface area contributed by atoms with Crippen molar-refractivity contribution in [1.29, 1.82) is 0 Å². The van der Waals surface area contributed by atoms with Crippen molar-refractivity contribution in [2.45, 2.75) is 25.9 Å². The van der Waals surface area contributed by atoms with Gasteiger partial charge in [0, 0.05) is 17.1 Å². The maximum absolute atomic E-state index is 6.04. The minimum atomic E-state index is 0.231. The topological polar surface area (TPSA) is 21.3 Å². The summed E-state index contributed by atoms with van der Waals surface area (Å²) in [7, 11) is 1.69. The van der Waals surface area contributed by atoms with E-state index >= 15 is 0 Å². The van der Waals surface area contributed by atoms with Gasteiger partial charge in [-0.25, -0.2) is 0 Å². The monoisotopic (exact) mass is 289 g/mol. The Kier molecular flexibility index (Phi) is 5.05. The average molecular weight is 290 g/mol. The lowest BCUT2D eigenvalue weighted by Crippen LogP contribution is -2.22. The van der Waals surface area contributed by atoms with Crippen molar-refractivity contribution < 1.29 is 4.74 Å². The summed E-state index contributed by atoms with van der Waals surface area (Å²) in [6.45, 7) is 4.29. The highest BCUT2D eigenvalue weighted by molar-refractivity contribution is 6.30. The van der Waals surface area contributed by atoms with Crippen LogP contribution in [0.2, 0.25) is 5.02 Å². The van der Waals surface area contributed by atoms with Gasteiger partial charge >= 0.3 is 0 Å². The molecule has 1 unspecified atom stereocenters. The minimum absolute atomic E-state index is 0.231. The van der Waals surface area contributed by atoms with Gasteiger partial charge in [-0.15, -0.1) is 0 Å². The Morgan fingerprint density at radius 3 is 2.15 bits per heavy atom. The van der Waals surface area contributed by atoms with E-state index in [0.717, 1.165) is 10.8 Å². The number of halogens is 1. The smallest absolute Gasteiger partial charge is 0.119 e. The summed E-state index contributed by atoms with van der Waals surface area (Å²) in [6.07, 6.45) is 0. The number of hydrogen-bond donors (Lipinski definition) is 1. The first kappa shape index (κ1) is 14.9. The Morgan fingerprint density at radius 1 is 0.950 bits per heavy atom. The highest BCUT2D eigenvalue weighted by atomic mass is 35.5. The lowest BCUT2D eigenvalue weighted by molar-refractivity contribution is 0.412. The fourth-order valence-electron chi connectivity index (χ4n) is 2.25. The molecule has 0 fully saturated rings. The molecule has 0 heterocycles. The number of rotatable bonds is 5. The van der Waals surface area contributed by atoms with E-state index in [4.69, 9.17) is 16.3 Å². The van der Waals surface area contributed by atoms with E-state index < -0.39 is 0 Å². The molecule has 2 atom stereocenters. The van der Waals surface area contributed by atoms with E-state index in [0.29, 0.717) is 0 Å². The van der Waals surface area contributed by atoms with Gasteiger partial charge in [-0.2, -0.15) is 0 Å². The molecule has 0 aliphatic rings. The van der Waals surface area contributed by atoms with Crippen molar-refractivity contribution >= 4 is 11.6 Å². The molecule has 20 heavy (non-hydrogen) atoms. The van der Waals surface area contributed by atoms with Gasteiger partial charge in [-0.05, 0) is 49.2 Å². The van der Waals surface area contributed by atoms with Crippen LogP contribution in [-0.2, 0) is 0 Å². The van der Waals surface area contributed by atoms with Crippen LogP contribution in [0.25, 0.3) is 0 Å². The third kappa shape index (κ3) is 3.75. The fourth-order valence-corrected chi connectivity index (χ4v) is 2.45. The second-order valence-corrected chi connectivity index (χ2v) is 5.38. The molecule has 2 aromatic rings. The predicted octanol–water partition coefficient (Wildman–Crippen LogP) is 4.76. The maximum Gasteiger partial charge on any atom is 0.119 e. The van der Waals surface area contributed by atoms with Crippen LogP contribution in [-0.4, -0.2) is 7.11 Å². The van der Waals surface area contributed by atoms with Crippen LogP contribution >= 0.6 is 11.6 Å². The highest BCUT2D eigenvalue weighted by Crippen LogP contribution is 2.23. The van der Waals surface area contributed by atoms with Crippen molar-refractivity contribution in [3.8, 4) is 5.75 Å². The third-order valence-electron chi connectivity index (χ3n) is 3.44. The van der Waals surface area contributed by atoms with Gasteiger partial charge in [0.05, 0.1) is 7.11 Å². The summed E-state index contributed by atoms with van der Waals surface area (Å²) in [5.41, 5.74) is 2.39. The van der Waals surface area contributed by atoms with Crippen LogP contribution in [0.5, 0.6) is 5.75 Å². The number of hydrogen-bond acceptors (Lipinski definition) is 2. The first-order valence-corrected chi connectivity index (χ1v) is 7.13. The highest BCUT2D eigenvalue weighted by Gasteiger charge is 2.11. The van der Waals surface area contributed by atoms with Gasteiger partial charge < -0.3 is 10.1 Å². The summed E-state index contributed by atoms with van der Waals surface area (Å²) in [5, 5.41) is 4.35. The van der Waals surface area contributed by atoms with E-state index in [1.807, 2.05) is 30.3 Å². The molecule has 0 spiro atoms. The van der Waals surface area contributed by atoms with Crippen molar-refractivity contribution in [1.82, 2.24) is 5.32 Å². The first-order valence-electron chi connectivity index (χ1n) is 6.75. The van der Waals surface area contributed by atoms with E-state index in [1.54, 1.807) is 7.11 Å². The molecule has 0 saturated heterocycles. The molecule has 0 aliphatic heterocycles. The zero-order valence-corrected chi connectivity index (χ0v) is 12.8. The molecule has 2 rings (SSSR count). The van der Waals surface area contributed by atoms with Gasteiger partial charge in [-0.3, -0.25) is 0 Å². The minimum Gasteiger partial charge on any atom is -0.497 e. The van der Waals surface area contributed by atoms with Gasteiger partial charge in [-0.1, -0.05) is 35.9 Å². The molecule has 0 radical (unpaired) electrons. The summed E-state index contributed by atoms with van der Waals surface area (Å²) < 4.78 is 5.27. The van der Waals surface area contributed by atoms with Crippen LogP contribution < -0.4 is 10.1 Å². The maximum atomic E-state index is 6.04. The molecule has 0 aromatic heterocycles. The SMILES string of the molecule is COc1cccc(C(C)N[C@H](C)c2cccc(Cl)c2)c1. The Hall–Kier alpha value is -1.51. The standard InChI is InChI=1S/C17H20ClNO/c1-12(14-6-4-8-16(18)10-14)19-13(2)15-7-5-9-17(11-15)20-3/h4-13,19H,1-3H3/t12-,13?/m1/s1. The Bertz CT molecular complexity index is 570. The lowest BCUT2D eigenvalue weighted by Gasteiger charge is -2.21. The molecule has 0 saturated carbocycles. The number of nitrogens with one attached hydrogen (secondary N) is 1. The molecular formula is C17H20ClNO. The predicted molar refractivity (Wildman–Crippen MR) is 84.4 cm³/mol. The second-order valence-electron chi connectivity index (χ2n) is 4.94. The number of methoxy groups -OCH3 is 1. The van der Waals surface area contributed by atoms with Crippen LogP contribution in [0.15, 0.2) is 48.5 Å². The van der Waals surface area contributed by atoms with Crippen LogP contribution in [0.1, 0.15) is 37.1 Å². The van der Waals surface area contributed by atoms with E-state index in [2.05, 4.69) is 37.4 Å². The first-order chi connectivity index (χ1) is 9.60. The molecule has 3 heteroatoms. The van der Waals surface area contributed by atoms with Crippen LogP contribution in [0, 0.1) is 0 Å². The fraction of sp³-hybridized carbons (Fsp3) is 0.294. The van der Waals surface area contributed by atoms with Crippen LogP contribution in [0.3, 0.4) is 0 Å². The molecule has 0 aliphatic carbocycles. The zero-order valence-electron chi connectivity index (χ0n) is 12.1. The summed E-state index contributed by atoms with van der Waals surface area (Å²) in [4.78, 5) is 0. The molecule has 2 aromatic carbocycles. The normalized spacial score (nSPS) is 13.8. The molecule has 106 valence electrons.